The number of carbonyl (C=O) groups is 4. The summed E-state index contributed by atoms with van der Waals surface area (Å²) in [5.74, 6) is -2.40. The van der Waals surface area contributed by atoms with Gasteiger partial charge in [0.15, 0.2) is 22.9 Å². The van der Waals surface area contributed by atoms with Gasteiger partial charge in [0.1, 0.15) is 17.1 Å². The molecule has 3 aromatic rings. The first-order valence-electron chi connectivity index (χ1n) is 12.4. The first kappa shape index (κ1) is 28.5. The van der Waals surface area contributed by atoms with Crippen molar-refractivity contribution in [3.8, 4) is 17.3 Å². The van der Waals surface area contributed by atoms with Crippen LogP contribution in [-0.4, -0.2) is 78.0 Å². The maximum Gasteiger partial charge on any atom is 0.352 e. The predicted molar refractivity (Wildman–Crippen MR) is 154 cm³/mol. The van der Waals surface area contributed by atoms with E-state index in [0.29, 0.717) is 23.4 Å². The fourth-order valence-corrected chi connectivity index (χ4v) is 6.49. The largest absolute Gasteiger partial charge is 0.477 e. The number of nitrogen functional groups attached to an aromatic ring is 1. The predicted octanol–water partition coefficient (Wildman–Crippen LogP) is 0.655. The van der Waals surface area contributed by atoms with Crippen molar-refractivity contribution in [2.45, 2.75) is 24.3 Å². The molecule has 1 aromatic carbocycles. The highest BCUT2D eigenvalue weighted by Gasteiger charge is 2.54. The van der Waals surface area contributed by atoms with Gasteiger partial charge in [0.25, 0.3) is 11.8 Å². The summed E-state index contributed by atoms with van der Waals surface area (Å²) in [6, 6.07) is 8.41. The minimum atomic E-state index is -1.22. The number of thioether (sulfide) groups is 1. The number of nitrogens with zero attached hydrogens (tertiary/aromatic N) is 5. The number of nitrogens with two attached hydrogens (primary N) is 1. The van der Waals surface area contributed by atoms with Crippen molar-refractivity contribution in [2.24, 2.45) is 4.99 Å². The Balaban J connectivity index is 1.27. The van der Waals surface area contributed by atoms with E-state index in [4.69, 9.17) is 11.0 Å². The van der Waals surface area contributed by atoms with E-state index < -0.39 is 35.1 Å². The second-order valence-electron chi connectivity index (χ2n) is 9.27. The molecule has 0 saturated carbocycles. The van der Waals surface area contributed by atoms with Crippen LogP contribution in [0.3, 0.4) is 0 Å². The third-order valence-electron chi connectivity index (χ3n) is 6.62. The van der Waals surface area contributed by atoms with Crippen LogP contribution in [0.2, 0.25) is 0 Å². The van der Waals surface area contributed by atoms with E-state index in [-0.39, 0.29) is 28.8 Å². The molecule has 0 spiro atoms. The van der Waals surface area contributed by atoms with E-state index in [1.54, 1.807) is 12.4 Å². The number of aliphatic carboxylic acids is 1. The number of anilines is 1. The summed E-state index contributed by atoms with van der Waals surface area (Å²) in [5.41, 5.74) is 9.28. The maximum atomic E-state index is 13.1. The summed E-state index contributed by atoms with van der Waals surface area (Å²) < 4.78 is 3.99. The minimum Gasteiger partial charge on any atom is -0.477 e. The molecule has 2 atom stereocenters. The average Bonchev–Trinajstić information content (AvgIpc) is 3.61. The number of nitriles is 1. The van der Waals surface area contributed by atoms with E-state index in [1.165, 1.54) is 23.7 Å². The quantitative estimate of drug-likeness (QED) is 0.0992. The minimum absolute atomic E-state index is 0.0433. The number of hydrogen-bond donors (Lipinski definition) is 5. The van der Waals surface area contributed by atoms with E-state index in [9.17, 15) is 24.3 Å². The molecule has 0 aliphatic carbocycles. The standard InChI is InChI=1S/C26H23N9O5S2/c1-29-18(21-33-26(28)42-34-21)22(37)32-19-23(38)35-20(25(39)40)15(10-41-24(19)35)6-12-2-4-13(5-3-12)14-7-16(30-9-14)8-17(36)31-11-27/h2-5,7,9,19,24,30H,6,8,10H2,1H3,(H,31,36)(H,32,37)(H,39,40)(H2,28,33,34). The SMILES string of the molecule is CN=C(C(=O)NC1C(=O)N2C(C(=O)O)=C(Cc3ccc(-c4c[nH]c(CC(=O)NC#N)c4)cc3)CSC12)c1nsc(N)n1. The Bertz CT molecular complexity index is 1690. The van der Waals surface area contributed by atoms with E-state index in [0.717, 1.165) is 28.2 Å². The molecular weight excluding hydrogens is 582 g/mol. The normalized spacial score (nSPS) is 18.1. The number of rotatable bonds is 9. The van der Waals surface area contributed by atoms with Crippen molar-refractivity contribution in [2.75, 3.05) is 18.5 Å². The molecule has 5 rings (SSSR count). The van der Waals surface area contributed by atoms with E-state index in [2.05, 4.69) is 30.0 Å². The summed E-state index contributed by atoms with van der Waals surface area (Å²) in [6.45, 7) is 0. The zero-order valence-electron chi connectivity index (χ0n) is 22.0. The lowest BCUT2D eigenvalue weighted by Gasteiger charge is -2.49. The van der Waals surface area contributed by atoms with Gasteiger partial charge in [0, 0.05) is 36.2 Å². The molecular formula is C26H23N9O5S2. The van der Waals surface area contributed by atoms with Crippen molar-refractivity contribution in [1.29, 1.82) is 5.26 Å². The van der Waals surface area contributed by atoms with Gasteiger partial charge >= 0.3 is 5.97 Å². The van der Waals surface area contributed by atoms with Gasteiger partial charge in [-0.3, -0.25) is 29.6 Å². The average molecular weight is 606 g/mol. The van der Waals surface area contributed by atoms with Gasteiger partial charge in [-0.1, -0.05) is 24.3 Å². The number of hydrogen-bond acceptors (Lipinski definition) is 11. The van der Waals surface area contributed by atoms with Gasteiger partial charge in [-0.25, -0.2) is 4.79 Å². The summed E-state index contributed by atoms with van der Waals surface area (Å²) in [6.07, 6.45) is 3.73. The zero-order chi connectivity index (χ0) is 30.0. The van der Waals surface area contributed by atoms with Gasteiger partial charge in [0.05, 0.1) is 6.42 Å². The molecule has 2 unspecified atom stereocenters. The van der Waals surface area contributed by atoms with Crippen LogP contribution in [0, 0.1) is 11.5 Å². The number of aromatic nitrogens is 3. The molecule has 214 valence electrons. The summed E-state index contributed by atoms with van der Waals surface area (Å²) in [7, 11) is 1.40. The molecule has 0 bridgehead atoms. The first-order valence-corrected chi connectivity index (χ1v) is 14.2. The van der Waals surface area contributed by atoms with Crippen LogP contribution < -0.4 is 16.4 Å². The molecule has 42 heavy (non-hydrogen) atoms. The maximum absolute atomic E-state index is 13.1. The van der Waals surface area contributed by atoms with Crippen LogP contribution >= 0.6 is 23.3 Å². The van der Waals surface area contributed by atoms with Crippen LogP contribution in [0.15, 0.2) is 52.8 Å². The molecule has 4 heterocycles. The lowest BCUT2D eigenvalue weighted by atomic mass is 9.97. The van der Waals surface area contributed by atoms with Crippen LogP contribution in [0.25, 0.3) is 11.1 Å². The molecule has 3 amide bonds. The Labute approximate surface area is 246 Å². The number of β-lactam (4-membered cyclic amide) rings is 1. The molecule has 0 radical (unpaired) electrons. The number of amides is 3. The van der Waals surface area contributed by atoms with E-state index >= 15 is 0 Å². The number of aliphatic imine (C=N–C) groups is 1. The fraction of sp³-hybridized carbons (Fsp3) is 0.231. The molecule has 2 aliphatic heterocycles. The van der Waals surface area contributed by atoms with Crippen LogP contribution in [0.4, 0.5) is 5.13 Å². The first-order chi connectivity index (χ1) is 20.2. The summed E-state index contributed by atoms with van der Waals surface area (Å²) in [4.78, 5) is 61.9. The number of carboxylic acid groups (broad SMARTS) is 1. The number of H-pyrrole nitrogens is 1. The van der Waals surface area contributed by atoms with E-state index in [1.807, 2.05) is 30.3 Å². The Morgan fingerprint density at radius 1 is 1.29 bits per heavy atom. The lowest BCUT2D eigenvalue weighted by molar-refractivity contribution is -0.150. The third kappa shape index (κ3) is 5.60. The Kier molecular flexibility index (Phi) is 8.04. The molecule has 2 aromatic heterocycles. The summed E-state index contributed by atoms with van der Waals surface area (Å²) in [5, 5.41) is 22.9. The zero-order valence-corrected chi connectivity index (χ0v) is 23.6. The van der Waals surface area contributed by atoms with Gasteiger partial charge in [-0.05, 0) is 34.8 Å². The molecule has 6 N–H and O–H groups in total. The van der Waals surface area contributed by atoms with Crippen LogP contribution in [-0.2, 0) is 32.0 Å². The van der Waals surface area contributed by atoms with Crippen molar-refractivity contribution < 1.29 is 24.3 Å². The highest BCUT2D eigenvalue weighted by molar-refractivity contribution is 8.00. The second-order valence-corrected chi connectivity index (χ2v) is 11.2. The number of aromatic amines is 1. The van der Waals surface area contributed by atoms with Crippen molar-refractivity contribution >= 4 is 57.8 Å². The molecule has 2 aliphatic rings. The Morgan fingerprint density at radius 3 is 2.69 bits per heavy atom. The van der Waals surface area contributed by atoms with Crippen molar-refractivity contribution in [1.82, 2.24) is 29.9 Å². The van der Waals surface area contributed by atoms with Gasteiger partial charge < -0.3 is 21.1 Å². The van der Waals surface area contributed by atoms with Crippen LogP contribution in [0.5, 0.6) is 0 Å². The monoisotopic (exact) mass is 605 g/mol. The molecule has 14 nitrogen and oxygen atoms in total. The molecule has 1 fully saturated rings. The smallest absolute Gasteiger partial charge is 0.352 e. The van der Waals surface area contributed by atoms with Gasteiger partial charge in [-0.2, -0.15) is 14.6 Å². The number of benzene rings is 1. The van der Waals surface area contributed by atoms with Crippen molar-refractivity contribution in [3.05, 3.63) is 64.9 Å². The third-order valence-corrected chi connectivity index (χ3v) is 8.50. The van der Waals surface area contributed by atoms with Crippen LogP contribution in [0.1, 0.15) is 17.1 Å². The Hall–Kier alpha value is -5.01. The fourth-order valence-electron chi connectivity index (χ4n) is 4.71. The molecule has 1 saturated heterocycles. The second kappa shape index (κ2) is 11.8. The number of fused-ring (bicyclic) bond motifs is 1. The topological polar surface area (TPSA) is 220 Å². The number of carboxylic acids is 1. The molecule has 16 heteroatoms. The van der Waals surface area contributed by atoms with Crippen molar-refractivity contribution in [3.63, 3.8) is 0 Å². The number of nitrogens with one attached hydrogen (secondary N) is 3. The Morgan fingerprint density at radius 2 is 2.05 bits per heavy atom. The lowest BCUT2D eigenvalue weighted by Crippen LogP contribution is -2.71. The highest BCUT2D eigenvalue weighted by atomic mass is 32.2. The summed E-state index contributed by atoms with van der Waals surface area (Å²) >= 11 is 2.28. The number of carbonyl (C=O) groups excluding carboxylic acids is 3. The van der Waals surface area contributed by atoms with Gasteiger partial charge in [0.2, 0.25) is 5.91 Å². The highest BCUT2D eigenvalue weighted by Crippen LogP contribution is 2.41. The van der Waals surface area contributed by atoms with Gasteiger partial charge in [-0.15, -0.1) is 11.8 Å².